The van der Waals surface area contributed by atoms with Crippen LogP contribution in [0.3, 0.4) is 0 Å². The van der Waals surface area contributed by atoms with E-state index in [1.54, 1.807) is 17.4 Å². The van der Waals surface area contributed by atoms with Crippen LogP contribution in [0.25, 0.3) is 32.5 Å². The summed E-state index contributed by atoms with van der Waals surface area (Å²) in [5.74, 6) is 1.20. The minimum atomic E-state index is -0.294. The molecule has 2 saturated heterocycles. The second-order valence-corrected chi connectivity index (χ2v) is 10.6. The molecule has 35 heavy (non-hydrogen) atoms. The number of aromatic nitrogens is 3. The molecule has 2 fully saturated rings. The third-order valence-electron chi connectivity index (χ3n) is 7.23. The number of anilines is 1. The molecule has 0 radical (unpaired) electrons. The van der Waals surface area contributed by atoms with Crippen LogP contribution >= 0.6 is 11.3 Å². The van der Waals surface area contributed by atoms with Gasteiger partial charge >= 0.3 is 0 Å². The Morgan fingerprint density at radius 1 is 1.03 bits per heavy atom. The average molecular weight is 491 g/mol. The number of rotatable bonds is 4. The fourth-order valence-corrected chi connectivity index (χ4v) is 6.63. The molecule has 1 N–H and O–H groups in total. The van der Waals surface area contributed by atoms with Crippen molar-refractivity contribution in [2.24, 2.45) is 0 Å². The Kier molecular flexibility index (Phi) is 5.22. The molecule has 180 valence electrons. The van der Waals surface area contributed by atoms with Crippen molar-refractivity contribution >= 4 is 38.3 Å². The lowest BCUT2D eigenvalue weighted by atomic mass is 10.1. The number of hydrogen-bond acceptors (Lipinski definition) is 7. The molecule has 7 nitrogen and oxygen atoms in total. The van der Waals surface area contributed by atoms with Crippen molar-refractivity contribution < 1.29 is 9.13 Å². The third-order valence-corrected chi connectivity index (χ3v) is 8.33. The van der Waals surface area contributed by atoms with E-state index in [1.807, 2.05) is 12.3 Å². The maximum atomic E-state index is 14.5. The van der Waals surface area contributed by atoms with Gasteiger partial charge in [0, 0.05) is 79.1 Å². The smallest absolute Gasteiger partial charge is 0.163 e. The van der Waals surface area contributed by atoms with Crippen molar-refractivity contribution in [1.29, 1.82) is 0 Å². The predicted molar refractivity (Wildman–Crippen MR) is 137 cm³/mol. The van der Waals surface area contributed by atoms with E-state index in [9.17, 15) is 4.39 Å². The lowest BCUT2D eigenvalue weighted by molar-refractivity contribution is 0.122. The first kappa shape index (κ1) is 21.3. The van der Waals surface area contributed by atoms with Crippen LogP contribution in [0, 0.1) is 5.82 Å². The second kappa shape index (κ2) is 8.58. The summed E-state index contributed by atoms with van der Waals surface area (Å²) in [7, 11) is 0. The standard InChI is InChI=1S/C26H27FN6OS/c27-17-12-21(20-3-4-28-22(20)13-17)25-29-23-14-19(16-31-6-7-32-5-1-2-18(32)15-31)35-24(23)26(30-25)33-8-10-34-11-9-33/h2-4,12-14,28H,1,5-11,15-16H2. The Labute approximate surface area is 206 Å². The van der Waals surface area contributed by atoms with E-state index in [-0.39, 0.29) is 5.82 Å². The summed E-state index contributed by atoms with van der Waals surface area (Å²) in [6.45, 7) is 8.21. The molecule has 4 aromatic rings. The van der Waals surface area contributed by atoms with E-state index >= 15 is 0 Å². The van der Waals surface area contributed by atoms with E-state index in [1.165, 1.54) is 29.6 Å². The van der Waals surface area contributed by atoms with Crippen molar-refractivity contribution in [1.82, 2.24) is 24.8 Å². The maximum absolute atomic E-state index is 14.5. The van der Waals surface area contributed by atoms with Crippen LogP contribution in [-0.4, -0.2) is 77.2 Å². The van der Waals surface area contributed by atoms with Crippen LogP contribution in [0.1, 0.15) is 11.3 Å². The number of nitrogens with zero attached hydrogens (tertiary/aromatic N) is 5. The summed E-state index contributed by atoms with van der Waals surface area (Å²) in [6, 6.07) is 7.23. The number of thiophene rings is 1. The van der Waals surface area contributed by atoms with Gasteiger partial charge in [0.15, 0.2) is 11.6 Å². The fraction of sp³-hybridized carbons (Fsp3) is 0.385. The van der Waals surface area contributed by atoms with Crippen LogP contribution in [0.15, 0.2) is 42.2 Å². The first-order valence-electron chi connectivity index (χ1n) is 12.3. The van der Waals surface area contributed by atoms with Crippen molar-refractivity contribution in [3.63, 3.8) is 0 Å². The third kappa shape index (κ3) is 3.87. The van der Waals surface area contributed by atoms with E-state index in [2.05, 4.69) is 31.8 Å². The normalized spacial score (nSPS) is 19.1. The molecule has 0 amide bonds. The molecule has 0 unspecified atom stereocenters. The number of fused-ring (bicyclic) bond motifs is 3. The fourth-order valence-electron chi connectivity index (χ4n) is 5.47. The zero-order valence-electron chi connectivity index (χ0n) is 19.5. The van der Waals surface area contributed by atoms with Gasteiger partial charge in [0.25, 0.3) is 0 Å². The summed E-state index contributed by atoms with van der Waals surface area (Å²) in [6.07, 6.45) is 5.38. The minimum Gasteiger partial charge on any atom is -0.378 e. The van der Waals surface area contributed by atoms with E-state index in [4.69, 9.17) is 14.7 Å². The van der Waals surface area contributed by atoms with Gasteiger partial charge < -0.3 is 19.5 Å². The zero-order chi connectivity index (χ0) is 23.4. The van der Waals surface area contributed by atoms with Crippen LogP contribution < -0.4 is 4.90 Å². The Balaban J connectivity index is 1.30. The molecule has 7 rings (SSSR count). The molecule has 3 aliphatic rings. The van der Waals surface area contributed by atoms with Crippen LogP contribution in [0.2, 0.25) is 0 Å². The molecule has 9 heteroatoms. The van der Waals surface area contributed by atoms with E-state index in [0.717, 1.165) is 71.8 Å². The Morgan fingerprint density at radius 3 is 2.86 bits per heavy atom. The van der Waals surface area contributed by atoms with Gasteiger partial charge in [0.2, 0.25) is 0 Å². The van der Waals surface area contributed by atoms with Crippen molar-refractivity contribution in [2.45, 2.75) is 13.0 Å². The lowest BCUT2D eigenvalue weighted by Crippen LogP contribution is -2.42. The molecule has 0 saturated carbocycles. The van der Waals surface area contributed by atoms with Gasteiger partial charge in [-0.25, -0.2) is 14.4 Å². The number of aromatic amines is 1. The number of halogens is 1. The molecule has 0 aliphatic carbocycles. The number of morpholine rings is 1. The van der Waals surface area contributed by atoms with Crippen LogP contribution in [0.5, 0.6) is 0 Å². The van der Waals surface area contributed by atoms with Crippen molar-refractivity contribution in [2.75, 3.05) is 57.4 Å². The van der Waals surface area contributed by atoms with Gasteiger partial charge in [0.05, 0.1) is 23.4 Å². The number of hydrogen-bond donors (Lipinski definition) is 1. The highest BCUT2D eigenvalue weighted by Gasteiger charge is 2.25. The highest BCUT2D eigenvalue weighted by atomic mass is 32.1. The van der Waals surface area contributed by atoms with Gasteiger partial charge in [0.1, 0.15) is 5.82 Å². The number of piperazine rings is 1. The van der Waals surface area contributed by atoms with Crippen molar-refractivity contribution in [3.8, 4) is 11.4 Å². The quantitative estimate of drug-likeness (QED) is 0.462. The molecule has 3 aromatic heterocycles. The molecule has 3 aliphatic heterocycles. The Hall–Kier alpha value is -3.01. The summed E-state index contributed by atoms with van der Waals surface area (Å²) in [4.78, 5) is 21.7. The highest BCUT2D eigenvalue weighted by molar-refractivity contribution is 7.19. The molecule has 0 spiro atoms. The number of benzene rings is 1. The second-order valence-electron chi connectivity index (χ2n) is 9.47. The summed E-state index contributed by atoms with van der Waals surface area (Å²) in [5.41, 5.74) is 3.87. The SMILES string of the molecule is Fc1cc(-c2nc(N3CCOCC3)c3sc(CN4CCN5CCC=C5C4)cc3n2)c2cc[nH]c2c1. The van der Waals surface area contributed by atoms with Gasteiger partial charge in [-0.2, -0.15) is 0 Å². The molecule has 0 atom stereocenters. The predicted octanol–water partition coefficient (Wildman–Crippen LogP) is 4.22. The molecular weight excluding hydrogens is 463 g/mol. The Morgan fingerprint density at radius 2 is 1.94 bits per heavy atom. The summed E-state index contributed by atoms with van der Waals surface area (Å²) >= 11 is 1.79. The highest BCUT2D eigenvalue weighted by Crippen LogP contribution is 2.37. The number of H-pyrrole nitrogens is 1. The number of nitrogens with one attached hydrogen (secondary N) is 1. The molecule has 1 aromatic carbocycles. The minimum absolute atomic E-state index is 0.294. The van der Waals surface area contributed by atoms with Crippen LogP contribution in [0.4, 0.5) is 10.2 Å². The average Bonchev–Trinajstić information content (AvgIpc) is 3.62. The van der Waals surface area contributed by atoms with Gasteiger partial charge in [-0.3, -0.25) is 4.90 Å². The van der Waals surface area contributed by atoms with E-state index in [0.29, 0.717) is 19.0 Å². The lowest BCUT2D eigenvalue weighted by Gasteiger charge is -2.35. The molecular formula is C26H27FN6OS. The largest absolute Gasteiger partial charge is 0.378 e. The van der Waals surface area contributed by atoms with Crippen molar-refractivity contribution in [3.05, 3.63) is 52.9 Å². The monoisotopic (exact) mass is 490 g/mol. The first-order valence-corrected chi connectivity index (χ1v) is 13.1. The maximum Gasteiger partial charge on any atom is 0.163 e. The van der Waals surface area contributed by atoms with Gasteiger partial charge in [-0.15, -0.1) is 11.3 Å². The Bertz CT molecular complexity index is 1440. The molecule has 6 heterocycles. The van der Waals surface area contributed by atoms with Crippen LogP contribution in [-0.2, 0) is 11.3 Å². The van der Waals surface area contributed by atoms with Gasteiger partial charge in [-0.05, 0) is 30.7 Å². The number of ether oxygens (including phenoxy) is 1. The summed E-state index contributed by atoms with van der Waals surface area (Å²) in [5, 5.41) is 0.928. The summed E-state index contributed by atoms with van der Waals surface area (Å²) < 4.78 is 21.2. The van der Waals surface area contributed by atoms with E-state index < -0.39 is 0 Å². The zero-order valence-corrected chi connectivity index (χ0v) is 20.3. The van der Waals surface area contributed by atoms with Gasteiger partial charge in [-0.1, -0.05) is 6.08 Å². The molecule has 0 bridgehead atoms. The first-order chi connectivity index (χ1) is 17.2. The topological polar surface area (TPSA) is 60.5 Å².